The normalized spacial score (nSPS) is 18.6. The Morgan fingerprint density at radius 1 is 1.37 bits per heavy atom. The molecule has 1 N–H and O–H groups in total. The van der Waals surface area contributed by atoms with Crippen LogP contribution in [0.5, 0.6) is 0 Å². The van der Waals surface area contributed by atoms with Gasteiger partial charge in [-0.3, -0.25) is 0 Å². The van der Waals surface area contributed by atoms with Gasteiger partial charge in [-0.25, -0.2) is 0 Å². The maximum atomic E-state index is 5.61. The molecule has 0 fully saturated rings. The molecule has 0 radical (unpaired) electrons. The number of hydrogen-bond donors (Lipinski definition) is 1. The van der Waals surface area contributed by atoms with E-state index in [4.69, 9.17) is 4.74 Å². The van der Waals surface area contributed by atoms with E-state index in [1.54, 1.807) is 0 Å². The highest BCUT2D eigenvalue weighted by Crippen LogP contribution is 2.35. The first-order chi connectivity index (χ1) is 9.27. The summed E-state index contributed by atoms with van der Waals surface area (Å²) in [5, 5.41) is 3.67. The Labute approximate surface area is 121 Å². The second-order valence-electron chi connectivity index (χ2n) is 5.50. The van der Waals surface area contributed by atoms with Gasteiger partial charge < -0.3 is 10.1 Å². The molecule has 0 bridgehead atoms. The number of ether oxygens (including phenoxy) is 1. The fourth-order valence-corrected chi connectivity index (χ4v) is 3.45. The fourth-order valence-electron chi connectivity index (χ4n) is 2.32. The highest BCUT2D eigenvalue weighted by atomic mass is 32.2. The van der Waals surface area contributed by atoms with Gasteiger partial charge in [-0.05, 0) is 42.7 Å². The first-order valence-corrected chi connectivity index (χ1v) is 8.29. The first-order valence-electron chi connectivity index (χ1n) is 7.30. The average Bonchev–Trinajstić information content (AvgIpc) is 2.42. The van der Waals surface area contributed by atoms with Gasteiger partial charge in [-0.1, -0.05) is 32.0 Å². The second-order valence-corrected chi connectivity index (χ2v) is 6.64. The van der Waals surface area contributed by atoms with Crippen LogP contribution in [0.15, 0.2) is 29.2 Å². The van der Waals surface area contributed by atoms with Crippen LogP contribution < -0.4 is 5.32 Å². The zero-order valence-electron chi connectivity index (χ0n) is 12.0. The van der Waals surface area contributed by atoms with Gasteiger partial charge in [-0.2, -0.15) is 0 Å². The second kappa shape index (κ2) is 7.93. The molecule has 0 spiro atoms. The summed E-state index contributed by atoms with van der Waals surface area (Å²) in [4.78, 5) is 1.45. The van der Waals surface area contributed by atoms with Crippen molar-refractivity contribution in [3.8, 4) is 0 Å². The van der Waals surface area contributed by atoms with E-state index in [9.17, 15) is 0 Å². The molecule has 1 unspecified atom stereocenters. The number of thioether (sulfide) groups is 1. The molecule has 2 rings (SSSR count). The lowest BCUT2D eigenvalue weighted by Gasteiger charge is -2.26. The van der Waals surface area contributed by atoms with Crippen LogP contribution in [-0.2, 0) is 4.74 Å². The third kappa shape index (κ3) is 4.83. The van der Waals surface area contributed by atoms with Gasteiger partial charge in [0.25, 0.3) is 0 Å². The number of nitrogens with one attached hydrogen (secondary N) is 1. The van der Waals surface area contributed by atoms with Crippen molar-refractivity contribution in [1.29, 1.82) is 0 Å². The maximum absolute atomic E-state index is 5.61. The van der Waals surface area contributed by atoms with E-state index in [0.29, 0.717) is 12.0 Å². The molecule has 0 aromatic heterocycles. The van der Waals surface area contributed by atoms with Crippen LogP contribution in [-0.4, -0.2) is 25.5 Å². The summed E-state index contributed by atoms with van der Waals surface area (Å²) in [7, 11) is 0. The molecule has 0 aliphatic carbocycles. The summed E-state index contributed by atoms with van der Waals surface area (Å²) < 4.78 is 5.61. The molecule has 2 nitrogen and oxygen atoms in total. The zero-order chi connectivity index (χ0) is 13.5. The van der Waals surface area contributed by atoms with E-state index in [2.05, 4.69) is 43.4 Å². The summed E-state index contributed by atoms with van der Waals surface area (Å²) >= 11 is 1.98. The van der Waals surface area contributed by atoms with Gasteiger partial charge in [0.1, 0.15) is 0 Å². The van der Waals surface area contributed by atoms with Crippen molar-refractivity contribution in [2.75, 3.05) is 25.5 Å². The largest absolute Gasteiger partial charge is 0.381 e. The number of rotatable bonds is 7. The average molecular weight is 279 g/mol. The summed E-state index contributed by atoms with van der Waals surface area (Å²) in [6, 6.07) is 9.30. The van der Waals surface area contributed by atoms with Crippen LogP contribution in [0.2, 0.25) is 0 Å². The van der Waals surface area contributed by atoms with Crippen molar-refractivity contribution in [3.05, 3.63) is 29.8 Å². The van der Waals surface area contributed by atoms with E-state index >= 15 is 0 Å². The fraction of sp³-hybridized carbons (Fsp3) is 0.625. The summed E-state index contributed by atoms with van der Waals surface area (Å²) in [6.45, 7) is 7.17. The predicted molar refractivity (Wildman–Crippen MR) is 82.8 cm³/mol. The van der Waals surface area contributed by atoms with Gasteiger partial charge in [0.05, 0.1) is 0 Å². The molecule has 1 aromatic carbocycles. The molecule has 19 heavy (non-hydrogen) atoms. The highest BCUT2D eigenvalue weighted by molar-refractivity contribution is 7.99. The quantitative estimate of drug-likeness (QED) is 0.765. The van der Waals surface area contributed by atoms with Crippen LogP contribution in [0.4, 0.5) is 0 Å². The minimum atomic E-state index is 0.530. The summed E-state index contributed by atoms with van der Waals surface area (Å²) in [6.07, 6.45) is 2.33. The van der Waals surface area contributed by atoms with Gasteiger partial charge in [-0.15, -0.1) is 11.8 Å². The van der Waals surface area contributed by atoms with E-state index < -0.39 is 0 Å². The molecule has 1 aliphatic heterocycles. The molecule has 0 amide bonds. The third-order valence-electron chi connectivity index (χ3n) is 3.27. The minimum Gasteiger partial charge on any atom is -0.381 e. The van der Waals surface area contributed by atoms with Crippen LogP contribution in [0.1, 0.15) is 38.3 Å². The van der Waals surface area contributed by atoms with Gasteiger partial charge in [0.2, 0.25) is 0 Å². The van der Waals surface area contributed by atoms with Crippen molar-refractivity contribution in [1.82, 2.24) is 5.32 Å². The van der Waals surface area contributed by atoms with Crippen LogP contribution in [0, 0.1) is 5.92 Å². The van der Waals surface area contributed by atoms with E-state index in [-0.39, 0.29) is 0 Å². The van der Waals surface area contributed by atoms with Gasteiger partial charge in [0.15, 0.2) is 0 Å². The Hall–Kier alpha value is -0.510. The Balaban J connectivity index is 1.70. The number of fused-ring (bicyclic) bond motifs is 1. The highest BCUT2D eigenvalue weighted by Gasteiger charge is 2.19. The predicted octanol–water partition coefficient (Wildman–Crippen LogP) is 3.88. The lowest BCUT2D eigenvalue weighted by atomic mass is 10.0. The van der Waals surface area contributed by atoms with Gasteiger partial charge in [0, 0.05) is 24.2 Å². The zero-order valence-corrected chi connectivity index (χ0v) is 12.8. The standard InChI is InChI=1S/C16H25NOS/c1-13(2)12-18-10-5-9-17-15-8-11-19-16-7-4-3-6-14(15)16/h3-4,6-7,13,15,17H,5,8-12H2,1-2H3. The van der Waals surface area contributed by atoms with Crippen molar-refractivity contribution >= 4 is 11.8 Å². The van der Waals surface area contributed by atoms with Gasteiger partial charge >= 0.3 is 0 Å². The third-order valence-corrected chi connectivity index (χ3v) is 4.39. The number of hydrogen-bond acceptors (Lipinski definition) is 3. The van der Waals surface area contributed by atoms with Crippen molar-refractivity contribution in [3.63, 3.8) is 0 Å². The molecule has 3 heteroatoms. The molecular weight excluding hydrogens is 254 g/mol. The topological polar surface area (TPSA) is 21.3 Å². The molecule has 1 aliphatic rings. The summed E-state index contributed by atoms with van der Waals surface area (Å²) in [5.74, 6) is 1.86. The maximum Gasteiger partial charge on any atom is 0.0489 e. The number of benzene rings is 1. The van der Waals surface area contributed by atoms with Crippen LogP contribution in [0.25, 0.3) is 0 Å². The van der Waals surface area contributed by atoms with Crippen molar-refractivity contribution in [2.24, 2.45) is 5.92 Å². The minimum absolute atomic E-state index is 0.530. The summed E-state index contributed by atoms with van der Waals surface area (Å²) in [5.41, 5.74) is 1.47. The molecule has 1 heterocycles. The molecule has 0 saturated carbocycles. The molecule has 1 aromatic rings. The molecule has 1 atom stereocenters. The molecule has 106 valence electrons. The first kappa shape index (κ1) is 14.9. The smallest absolute Gasteiger partial charge is 0.0489 e. The van der Waals surface area contributed by atoms with Crippen molar-refractivity contribution < 1.29 is 4.74 Å². The Kier molecular flexibility index (Phi) is 6.21. The van der Waals surface area contributed by atoms with Crippen molar-refractivity contribution in [2.45, 2.75) is 37.6 Å². The molecule has 0 saturated heterocycles. The Bertz CT molecular complexity index is 381. The SMILES string of the molecule is CC(C)COCCCNC1CCSc2ccccc21. The molecular formula is C16H25NOS. The Morgan fingerprint density at radius 3 is 3.05 bits per heavy atom. The van der Waals surface area contributed by atoms with Crippen LogP contribution >= 0.6 is 11.8 Å². The van der Waals surface area contributed by atoms with E-state index in [1.165, 1.54) is 22.6 Å². The monoisotopic (exact) mass is 279 g/mol. The van der Waals surface area contributed by atoms with E-state index in [1.807, 2.05) is 11.8 Å². The van der Waals surface area contributed by atoms with E-state index in [0.717, 1.165) is 26.2 Å². The lowest BCUT2D eigenvalue weighted by Crippen LogP contribution is -2.26. The lowest BCUT2D eigenvalue weighted by molar-refractivity contribution is 0.107. The van der Waals surface area contributed by atoms with Crippen LogP contribution in [0.3, 0.4) is 0 Å². The Morgan fingerprint density at radius 2 is 2.21 bits per heavy atom.